The second-order valence-corrected chi connectivity index (χ2v) is 8.66. The number of sulfonamides is 1. The molecule has 1 atom stereocenters. The van der Waals surface area contributed by atoms with Gasteiger partial charge in [0.05, 0.1) is 23.4 Å². The number of benzene rings is 3. The van der Waals surface area contributed by atoms with Gasteiger partial charge in [-0.25, -0.2) is 13.6 Å². The third-order valence-electron chi connectivity index (χ3n) is 4.93. The third kappa shape index (κ3) is 5.37. The summed E-state index contributed by atoms with van der Waals surface area (Å²) in [5.74, 6) is -0.154. The summed E-state index contributed by atoms with van der Waals surface area (Å²) >= 11 is 0. The van der Waals surface area contributed by atoms with E-state index in [0.29, 0.717) is 11.3 Å². The number of nitrogen functional groups attached to an aromatic ring is 1. The molecule has 0 bridgehead atoms. The van der Waals surface area contributed by atoms with Crippen LogP contribution >= 0.6 is 0 Å². The van der Waals surface area contributed by atoms with Gasteiger partial charge in [-0.3, -0.25) is 10.2 Å². The zero-order valence-electron chi connectivity index (χ0n) is 18.0. The van der Waals surface area contributed by atoms with Crippen LogP contribution in [0.3, 0.4) is 0 Å². The highest BCUT2D eigenvalue weighted by atomic mass is 32.2. The fraction of sp³-hybridized carbons (Fsp3) is 0.130. The summed E-state index contributed by atoms with van der Waals surface area (Å²) in [5.41, 5.74) is 7.79. The Labute approximate surface area is 191 Å². The Morgan fingerprint density at radius 3 is 2.33 bits per heavy atom. The highest BCUT2D eigenvalue weighted by molar-refractivity contribution is 7.89. The first-order valence-electron chi connectivity index (χ1n) is 9.74. The molecule has 0 aliphatic rings. The molecule has 1 unspecified atom stereocenters. The molecule has 0 radical (unpaired) electrons. The van der Waals surface area contributed by atoms with E-state index < -0.39 is 22.0 Å². The summed E-state index contributed by atoms with van der Waals surface area (Å²) in [4.78, 5) is 12.8. The van der Waals surface area contributed by atoms with E-state index in [1.54, 1.807) is 30.3 Å². The zero-order valence-corrected chi connectivity index (χ0v) is 18.8. The molecule has 6 N–H and O–H groups in total. The number of primary sulfonamides is 1. The van der Waals surface area contributed by atoms with Crippen LogP contribution in [-0.4, -0.2) is 34.3 Å². The molecule has 0 fully saturated rings. The van der Waals surface area contributed by atoms with E-state index in [9.17, 15) is 13.2 Å². The van der Waals surface area contributed by atoms with Gasteiger partial charge >= 0.3 is 0 Å². The molecular weight excluding hydrogens is 444 g/mol. The quantitative estimate of drug-likeness (QED) is 0.294. The van der Waals surface area contributed by atoms with Crippen molar-refractivity contribution in [1.82, 2.24) is 0 Å². The van der Waals surface area contributed by atoms with Crippen LogP contribution in [0.5, 0.6) is 5.75 Å². The Kier molecular flexibility index (Phi) is 7.12. The van der Waals surface area contributed by atoms with Crippen LogP contribution in [0.15, 0.2) is 71.6 Å². The Hall–Kier alpha value is -3.73. The van der Waals surface area contributed by atoms with Crippen LogP contribution in [0, 0.1) is 5.41 Å². The van der Waals surface area contributed by atoms with Gasteiger partial charge in [0.15, 0.2) is 6.10 Å². The predicted octanol–water partition coefficient (Wildman–Crippen LogP) is 2.67. The maximum absolute atomic E-state index is 12.9. The second kappa shape index (κ2) is 9.82. The summed E-state index contributed by atoms with van der Waals surface area (Å²) in [6.45, 7) is 0. The molecule has 3 aromatic rings. The lowest BCUT2D eigenvalue weighted by atomic mass is 9.99. The van der Waals surface area contributed by atoms with Crippen molar-refractivity contribution >= 4 is 33.0 Å². The SMILES string of the molecule is COc1cc(N)c(C(=N)c2cccc(S(N)(=O)=O)c2)cc1NC(=O)C(OC)c1ccccc1. The number of hydrogen-bond donors (Lipinski definition) is 4. The van der Waals surface area contributed by atoms with Crippen molar-refractivity contribution in [2.45, 2.75) is 11.0 Å². The first-order chi connectivity index (χ1) is 15.7. The van der Waals surface area contributed by atoms with Gasteiger partial charge in [0, 0.05) is 30.0 Å². The number of rotatable bonds is 8. The number of nitrogens with two attached hydrogens (primary N) is 2. The highest BCUT2D eigenvalue weighted by Crippen LogP contribution is 2.32. The zero-order chi connectivity index (χ0) is 24.2. The summed E-state index contributed by atoms with van der Waals surface area (Å²) in [6.07, 6.45) is -0.872. The maximum atomic E-state index is 12.9. The van der Waals surface area contributed by atoms with Crippen LogP contribution in [0.2, 0.25) is 0 Å². The largest absolute Gasteiger partial charge is 0.494 e. The standard InChI is InChI=1S/C23H24N4O5S/c1-31-20-13-18(24)17(21(25)15-9-6-10-16(11-15)33(26,29)30)12-19(20)27-23(28)22(32-2)14-7-4-3-5-8-14/h3-13,22,25H,24H2,1-2H3,(H,27,28)(H2,26,29,30). The molecule has 0 aliphatic carbocycles. The van der Waals surface area contributed by atoms with E-state index in [2.05, 4.69) is 5.32 Å². The van der Waals surface area contributed by atoms with Gasteiger partial charge in [-0.15, -0.1) is 0 Å². The Morgan fingerprint density at radius 1 is 1.03 bits per heavy atom. The van der Waals surface area contributed by atoms with Gasteiger partial charge in [-0.1, -0.05) is 42.5 Å². The summed E-state index contributed by atoms with van der Waals surface area (Å²) in [6, 6.07) is 17.6. The van der Waals surface area contributed by atoms with Gasteiger partial charge in [0.1, 0.15) is 5.75 Å². The van der Waals surface area contributed by atoms with Crippen LogP contribution in [0.1, 0.15) is 22.8 Å². The summed E-state index contributed by atoms with van der Waals surface area (Å²) < 4.78 is 34.1. The predicted molar refractivity (Wildman–Crippen MR) is 126 cm³/mol. The van der Waals surface area contributed by atoms with Gasteiger partial charge < -0.3 is 20.5 Å². The number of carbonyl (C=O) groups is 1. The Balaban J connectivity index is 1.98. The number of amides is 1. The molecule has 0 spiro atoms. The smallest absolute Gasteiger partial charge is 0.258 e. The van der Waals surface area contributed by atoms with Gasteiger partial charge in [-0.05, 0) is 23.8 Å². The minimum absolute atomic E-state index is 0.0532. The van der Waals surface area contributed by atoms with Gasteiger partial charge in [0.2, 0.25) is 10.0 Å². The number of anilines is 2. The lowest BCUT2D eigenvalue weighted by Gasteiger charge is -2.19. The number of carbonyl (C=O) groups excluding carboxylic acids is 1. The van der Waals surface area contributed by atoms with Crippen molar-refractivity contribution in [3.63, 3.8) is 0 Å². The molecule has 0 saturated carbocycles. The van der Waals surface area contributed by atoms with Crippen molar-refractivity contribution in [2.75, 3.05) is 25.3 Å². The van der Waals surface area contributed by atoms with Crippen molar-refractivity contribution in [2.24, 2.45) is 5.14 Å². The number of hydrogen-bond acceptors (Lipinski definition) is 7. The molecule has 10 heteroatoms. The normalized spacial score (nSPS) is 12.1. The molecule has 1 amide bonds. The Bertz CT molecular complexity index is 1290. The molecule has 172 valence electrons. The second-order valence-electron chi connectivity index (χ2n) is 7.10. The van der Waals surface area contributed by atoms with E-state index in [1.807, 2.05) is 6.07 Å². The lowest BCUT2D eigenvalue weighted by molar-refractivity contribution is -0.126. The van der Waals surface area contributed by atoms with Gasteiger partial charge in [-0.2, -0.15) is 0 Å². The highest BCUT2D eigenvalue weighted by Gasteiger charge is 2.23. The van der Waals surface area contributed by atoms with E-state index in [1.165, 1.54) is 44.6 Å². The number of methoxy groups -OCH3 is 2. The number of nitrogens with one attached hydrogen (secondary N) is 2. The minimum atomic E-state index is -3.94. The van der Waals surface area contributed by atoms with Crippen molar-refractivity contribution in [1.29, 1.82) is 5.41 Å². The molecule has 0 aliphatic heterocycles. The van der Waals surface area contributed by atoms with Crippen molar-refractivity contribution in [3.8, 4) is 5.75 Å². The maximum Gasteiger partial charge on any atom is 0.258 e. The van der Waals surface area contributed by atoms with E-state index >= 15 is 0 Å². The molecule has 0 saturated heterocycles. The molecular formula is C23H24N4O5S. The van der Waals surface area contributed by atoms with Crippen LogP contribution in [0.4, 0.5) is 11.4 Å². The first kappa shape index (κ1) is 23.9. The fourth-order valence-electron chi connectivity index (χ4n) is 3.28. The average Bonchev–Trinajstić information content (AvgIpc) is 2.80. The fourth-order valence-corrected chi connectivity index (χ4v) is 3.84. The van der Waals surface area contributed by atoms with E-state index in [4.69, 9.17) is 25.8 Å². The molecule has 9 nitrogen and oxygen atoms in total. The molecule has 0 aromatic heterocycles. The van der Waals surface area contributed by atoms with Crippen molar-refractivity contribution in [3.05, 3.63) is 83.4 Å². The third-order valence-corrected chi connectivity index (χ3v) is 5.84. The Morgan fingerprint density at radius 2 is 1.73 bits per heavy atom. The molecule has 0 heterocycles. The van der Waals surface area contributed by atoms with Gasteiger partial charge in [0.25, 0.3) is 5.91 Å². The monoisotopic (exact) mass is 468 g/mol. The number of ether oxygens (including phenoxy) is 2. The van der Waals surface area contributed by atoms with Crippen LogP contribution in [0.25, 0.3) is 0 Å². The molecule has 33 heavy (non-hydrogen) atoms. The molecule has 3 aromatic carbocycles. The minimum Gasteiger partial charge on any atom is -0.494 e. The molecule has 3 rings (SSSR count). The van der Waals surface area contributed by atoms with Crippen molar-refractivity contribution < 1.29 is 22.7 Å². The van der Waals surface area contributed by atoms with Crippen LogP contribution < -0.4 is 20.9 Å². The van der Waals surface area contributed by atoms with E-state index in [0.717, 1.165) is 0 Å². The van der Waals surface area contributed by atoms with Crippen LogP contribution in [-0.2, 0) is 19.6 Å². The summed E-state index contributed by atoms with van der Waals surface area (Å²) in [7, 11) is -1.09. The summed E-state index contributed by atoms with van der Waals surface area (Å²) in [5, 5.41) is 16.5. The lowest BCUT2D eigenvalue weighted by Crippen LogP contribution is -2.23. The topological polar surface area (TPSA) is 158 Å². The van der Waals surface area contributed by atoms with E-state index in [-0.39, 0.29) is 33.1 Å². The average molecular weight is 469 g/mol. The first-order valence-corrected chi connectivity index (χ1v) is 11.3.